The van der Waals surface area contributed by atoms with Gasteiger partial charge in [0.2, 0.25) is 0 Å². The molecule has 68 heavy (non-hydrogen) atoms. The van der Waals surface area contributed by atoms with E-state index in [-0.39, 0.29) is 35.3 Å². The molecule has 7 N–H and O–H groups in total. The van der Waals surface area contributed by atoms with E-state index in [1.165, 1.54) is 39.8 Å². The summed E-state index contributed by atoms with van der Waals surface area (Å²) in [5.74, 6) is -6.29. The Morgan fingerprint density at radius 3 is 2.01 bits per heavy atom. The van der Waals surface area contributed by atoms with Gasteiger partial charge in [0.25, 0.3) is 5.91 Å². The number of nitrogens with one attached hydrogen (secondary N) is 1. The molecule has 3 aromatic rings. The van der Waals surface area contributed by atoms with Gasteiger partial charge in [-0.15, -0.1) is 0 Å². The lowest BCUT2D eigenvalue weighted by molar-refractivity contribution is -0.366. The number of amides is 1. The van der Waals surface area contributed by atoms with Crippen LogP contribution in [0.3, 0.4) is 0 Å². The van der Waals surface area contributed by atoms with Crippen molar-refractivity contribution in [3.63, 3.8) is 0 Å². The van der Waals surface area contributed by atoms with Crippen LogP contribution in [0.15, 0.2) is 102 Å². The third-order valence-electron chi connectivity index (χ3n) is 14.9. The Morgan fingerprint density at radius 2 is 1.43 bits per heavy atom. The molecule has 18 nitrogen and oxygen atoms in total. The van der Waals surface area contributed by atoms with Gasteiger partial charge in [-0.2, -0.15) is 0 Å². The molecule has 2 unspecified atom stereocenters. The van der Waals surface area contributed by atoms with Gasteiger partial charge in [0.05, 0.1) is 42.3 Å². The van der Waals surface area contributed by atoms with E-state index in [9.17, 15) is 49.8 Å². The van der Waals surface area contributed by atoms with Crippen LogP contribution in [0, 0.1) is 16.7 Å². The van der Waals surface area contributed by atoms with Crippen molar-refractivity contribution in [3.05, 3.63) is 119 Å². The molecule has 364 valence electrons. The lowest BCUT2D eigenvalue weighted by Crippen LogP contribution is -2.82. The number of rotatable bonds is 11. The van der Waals surface area contributed by atoms with Gasteiger partial charge in [-0.1, -0.05) is 80.6 Å². The fourth-order valence-corrected chi connectivity index (χ4v) is 11.2. The van der Waals surface area contributed by atoms with Crippen molar-refractivity contribution in [3.8, 4) is 0 Å². The highest BCUT2D eigenvalue weighted by molar-refractivity contribution is 5.95. The Bertz CT molecular complexity index is 2430. The lowest BCUT2D eigenvalue weighted by Gasteiger charge is -2.68. The average molecular weight is 944 g/mol. The molecule has 15 atom stereocenters. The molecule has 2 saturated carbocycles. The topological polar surface area (TPSA) is 274 Å². The van der Waals surface area contributed by atoms with Crippen LogP contribution in [0.25, 0.3) is 0 Å². The average Bonchev–Trinajstić information content (AvgIpc) is 3.31. The second-order valence-corrected chi connectivity index (χ2v) is 19.1. The molecule has 3 aliphatic carbocycles. The summed E-state index contributed by atoms with van der Waals surface area (Å²) in [5.41, 5.74) is -7.60. The van der Waals surface area contributed by atoms with Crippen LogP contribution in [-0.2, 0) is 42.8 Å². The van der Waals surface area contributed by atoms with Gasteiger partial charge in [-0.3, -0.25) is 14.4 Å². The predicted molar refractivity (Wildman–Crippen MR) is 235 cm³/mol. The molecule has 2 heterocycles. The highest BCUT2D eigenvalue weighted by atomic mass is 16.7. The Morgan fingerprint density at radius 1 is 0.824 bits per heavy atom. The van der Waals surface area contributed by atoms with Gasteiger partial charge in [0.15, 0.2) is 23.8 Å². The van der Waals surface area contributed by atoms with E-state index in [4.69, 9.17) is 28.4 Å². The normalized spacial score (nSPS) is 36.0. The number of aliphatic hydroxyl groups is 6. The standard InChI is InChI=1S/C50H57NO17/c1-25-31(65-45(61)38(56)35(27-15-9-6-10-16-27)51-43(59)28-17-11-7-12-18-28)22-50(62)42(67-44(60)29-19-13-8-14-20-29)40-48(5,41(58)37(55)34(25)47(50,3)4)32(21-33-49(40,24-64-33)68-26(2)52)66-46-39(57)36(54)30(53)23-63-46/h6-20,30-33,35-40,42,46,53-57,62H,21-24H2,1-5H3,(H,51,59)/t30?,31-,32-,33+,35+,36+,37+,38+,39?,40-,42-,46+,48+,49-,50+/m0/s1. The number of hydrogen-bond acceptors (Lipinski definition) is 17. The van der Waals surface area contributed by atoms with Crippen LogP contribution in [-0.4, -0.2) is 146 Å². The molecule has 8 rings (SSSR count). The number of benzene rings is 3. The van der Waals surface area contributed by atoms with Crippen molar-refractivity contribution in [2.75, 3.05) is 13.2 Å². The number of aliphatic hydroxyl groups excluding tert-OH is 5. The Labute approximate surface area is 391 Å². The first-order valence-corrected chi connectivity index (χ1v) is 22.5. The first-order chi connectivity index (χ1) is 32.2. The summed E-state index contributed by atoms with van der Waals surface area (Å²) in [6, 6.07) is 22.7. The third kappa shape index (κ3) is 8.14. The van der Waals surface area contributed by atoms with Crippen LogP contribution in [0.1, 0.15) is 79.8 Å². The number of ketones is 1. The molecule has 2 aliphatic heterocycles. The zero-order chi connectivity index (χ0) is 49.1. The monoisotopic (exact) mass is 943 g/mol. The lowest BCUT2D eigenvalue weighted by atomic mass is 9.44. The van der Waals surface area contributed by atoms with E-state index in [0.29, 0.717) is 5.56 Å². The Kier molecular flexibility index (Phi) is 13.3. The predicted octanol–water partition coefficient (Wildman–Crippen LogP) is 1.63. The Hall–Kier alpha value is -5.41. The summed E-state index contributed by atoms with van der Waals surface area (Å²) in [5, 5.41) is 72.9. The van der Waals surface area contributed by atoms with Crippen molar-refractivity contribution in [1.29, 1.82) is 0 Å². The molecule has 2 bridgehead atoms. The highest BCUT2D eigenvalue weighted by Gasteiger charge is 2.78. The number of carbonyl (C=O) groups excluding carboxylic acids is 5. The molecule has 2 saturated heterocycles. The molecular weight excluding hydrogens is 887 g/mol. The maximum atomic E-state index is 15.7. The second kappa shape index (κ2) is 18.5. The van der Waals surface area contributed by atoms with Crippen molar-refractivity contribution in [2.45, 2.75) is 126 Å². The van der Waals surface area contributed by atoms with Crippen molar-refractivity contribution >= 4 is 29.6 Å². The van der Waals surface area contributed by atoms with Gasteiger partial charge >= 0.3 is 17.9 Å². The molecule has 0 radical (unpaired) electrons. The molecule has 4 fully saturated rings. The minimum Gasteiger partial charge on any atom is -0.456 e. The largest absolute Gasteiger partial charge is 0.456 e. The molecule has 1 amide bonds. The summed E-state index contributed by atoms with van der Waals surface area (Å²) < 4.78 is 36.8. The van der Waals surface area contributed by atoms with Gasteiger partial charge < -0.3 is 64.4 Å². The number of carbonyl (C=O) groups is 5. The van der Waals surface area contributed by atoms with E-state index in [1.54, 1.807) is 78.9 Å². The second-order valence-electron chi connectivity index (χ2n) is 19.1. The smallest absolute Gasteiger partial charge is 0.338 e. The zero-order valence-corrected chi connectivity index (χ0v) is 38.1. The summed E-state index contributed by atoms with van der Waals surface area (Å²) in [6.45, 7) is 6.21. The van der Waals surface area contributed by atoms with Crippen molar-refractivity contribution in [1.82, 2.24) is 5.32 Å². The van der Waals surface area contributed by atoms with Crippen LogP contribution in [0.5, 0.6) is 0 Å². The van der Waals surface area contributed by atoms with E-state index >= 15 is 4.79 Å². The minimum absolute atomic E-state index is 0.0280. The van der Waals surface area contributed by atoms with Crippen LogP contribution < -0.4 is 5.32 Å². The molecule has 18 heteroatoms. The highest BCUT2D eigenvalue weighted by Crippen LogP contribution is 2.65. The number of esters is 3. The third-order valence-corrected chi connectivity index (χ3v) is 14.9. The number of Topliss-reactive ketones (excluding diaryl/α,β-unsaturated/α-hetero) is 1. The van der Waals surface area contributed by atoms with Crippen molar-refractivity contribution < 1.29 is 83.0 Å². The number of fused-ring (bicyclic) bond motifs is 5. The van der Waals surface area contributed by atoms with Gasteiger partial charge in [-0.05, 0) is 54.8 Å². The fraction of sp³-hybridized carbons (Fsp3) is 0.500. The van der Waals surface area contributed by atoms with Crippen LogP contribution in [0.4, 0.5) is 0 Å². The van der Waals surface area contributed by atoms with E-state index in [0.717, 1.165) is 6.92 Å². The van der Waals surface area contributed by atoms with Gasteiger partial charge in [0, 0.05) is 30.7 Å². The van der Waals surface area contributed by atoms with E-state index in [1.807, 2.05) is 0 Å². The summed E-state index contributed by atoms with van der Waals surface area (Å²) in [4.78, 5) is 71.3. The number of ether oxygens (including phenoxy) is 6. The quantitative estimate of drug-likeness (QED) is 0.0818. The van der Waals surface area contributed by atoms with E-state index < -0.39 is 138 Å². The van der Waals surface area contributed by atoms with Gasteiger partial charge in [-0.25, -0.2) is 9.59 Å². The molecule has 5 aliphatic rings. The number of hydrogen-bond donors (Lipinski definition) is 7. The molecule has 3 aromatic carbocycles. The molecular formula is C50H57NO17. The van der Waals surface area contributed by atoms with Gasteiger partial charge in [0.1, 0.15) is 48.3 Å². The summed E-state index contributed by atoms with van der Waals surface area (Å²) >= 11 is 0. The molecule has 0 aromatic heterocycles. The van der Waals surface area contributed by atoms with Crippen LogP contribution >= 0.6 is 0 Å². The van der Waals surface area contributed by atoms with E-state index in [2.05, 4.69) is 5.32 Å². The van der Waals surface area contributed by atoms with Crippen molar-refractivity contribution in [2.24, 2.45) is 16.7 Å². The maximum absolute atomic E-state index is 15.7. The minimum atomic E-state index is -2.47. The first kappa shape index (κ1) is 49.0. The first-order valence-electron chi connectivity index (χ1n) is 22.5. The van der Waals surface area contributed by atoms with Crippen LogP contribution in [0.2, 0.25) is 0 Å². The fourth-order valence-electron chi connectivity index (χ4n) is 11.2. The summed E-state index contributed by atoms with van der Waals surface area (Å²) in [7, 11) is 0. The zero-order valence-electron chi connectivity index (χ0n) is 38.1. The SMILES string of the molecule is CC(=O)O[C@@]12CO[C@@H]1C[C@H](O[C@H]1OCC(O)[C@@H](O)C1O)[C@@]1(C)C(=O)[C@H](O)C3=C(C)[C@@H](OC(=O)[C@H](O)[C@H](NC(=O)c4ccccc4)c4ccccc4)C[C@@](O)([C@@H](OC(=O)c4ccccc4)[C@H]21)C3(C)C. The Balaban J connectivity index is 1.26. The molecule has 0 spiro atoms. The maximum Gasteiger partial charge on any atom is 0.338 e. The summed E-state index contributed by atoms with van der Waals surface area (Å²) in [6.07, 6.45) is -17.8.